The molecule has 0 bridgehead atoms. The Hall–Kier alpha value is -8.25. The number of carbonyl (C=O) groups is 11. The first-order valence-electron chi connectivity index (χ1n) is 26.2. The second-order valence-electron chi connectivity index (χ2n) is 19.7. The summed E-state index contributed by atoms with van der Waals surface area (Å²) in [5, 5.41) is 46.5. The van der Waals surface area contributed by atoms with Crippen LogP contribution in [0.2, 0.25) is 0 Å². The molecule has 80 heavy (non-hydrogen) atoms. The number of aliphatic hydroxyl groups is 1. The van der Waals surface area contributed by atoms with E-state index in [0.29, 0.717) is 43.5 Å². The second-order valence-corrected chi connectivity index (χ2v) is 19.7. The van der Waals surface area contributed by atoms with Crippen molar-refractivity contribution in [2.75, 3.05) is 19.6 Å². The molecule has 0 spiro atoms. The number of nitrogens with zero attached hydrogens (tertiary/aromatic N) is 3. The number of H-pyrrole nitrogens is 1. The zero-order valence-electron chi connectivity index (χ0n) is 45.1. The third kappa shape index (κ3) is 22.2. The van der Waals surface area contributed by atoms with E-state index in [1.807, 2.05) is 0 Å². The molecule has 30 heteroatoms. The van der Waals surface area contributed by atoms with Gasteiger partial charge in [-0.05, 0) is 69.9 Å². The third-order valence-electron chi connectivity index (χ3n) is 12.8. The minimum absolute atomic E-state index is 0.0257. The molecule has 0 saturated carbocycles. The van der Waals surface area contributed by atoms with Gasteiger partial charge >= 0.3 is 11.9 Å². The number of aromatic amines is 1. The Balaban J connectivity index is 1.93. The van der Waals surface area contributed by atoms with Gasteiger partial charge in [0.15, 0.2) is 5.96 Å². The smallest absolute Gasteiger partial charge is 0.326 e. The number of rotatable bonds is 35. The minimum Gasteiger partial charge on any atom is -0.481 e. The molecule has 2 aromatic rings. The Labute approximate surface area is 461 Å². The molecular formula is C50H78N16O14. The lowest BCUT2D eigenvalue weighted by molar-refractivity contribution is -0.144. The fourth-order valence-corrected chi connectivity index (χ4v) is 8.52. The zero-order chi connectivity index (χ0) is 59.6. The van der Waals surface area contributed by atoms with Crippen LogP contribution in [0.25, 0.3) is 0 Å². The molecular weight excluding hydrogens is 1050 g/mol. The molecule has 0 unspecified atom stereocenters. The number of hydrogen-bond acceptors (Lipinski definition) is 16. The van der Waals surface area contributed by atoms with Gasteiger partial charge in [0.05, 0.1) is 24.9 Å². The number of carbonyl (C=O) groups excluding carboxylic acids is 9. The van der Waals surface area contributed by atoms with Crippen LogP contribution in [-0.4, -0.2) is 181 Å². The summed E-state index contributed by atoms with van der Waals surface area (Å²) in [6.45, 7) is 4.68. The van der Waals surface area contributed by atoms with Crippen molar-refractivity contribution in [2.45, 2.75) is 158 Å². The molecule has 0 radical (unpaired) electrons. The van der Waals surface area contributed by atoms with Crippen molar-refractivity contribution in [3.63, 3.8) is 0 Å². The number of likely N-dealkylation sites (tertiary alicyclic amines) is 1. The molecule has 2 heterocycles. The van der Waals surface area contributed by atoms with Crippen molar-refractivity contribution in [1.29, 1.82) is 0 Å². The number of guanidine groups is 1. The van der Waals surface area contributed by atoms with Crippen LogP contribution in [0.1, 0.15) is 96.2 Å². The number of aromatic nitrogens is 2. The number of nitrogens with one attached hydrogen (secondary N) is 8. The van der Waals surface area contributed by atoms with Crippen LogP contribution in [0.4, 0.5) is 0 Å². The molecule has 1 saturated heterocycles. The van der Waals surface area contributed by atoms with Crippen LogP contribution >= 0.6 is 0 Å². The summed E-state index contributed by atoms with van der Waals surface area (Å²) in [5.41, 5.74) is 29.3. The van der Waals surface area contributed by atoms with Crippen molar-refractivity contribution < 1.29 is 68.1 Å². The van der Waals surface area contributed by atoms with Crippen LogP contribution in [0.5, 0.6) is 0 Å². The monoisotopic (exact) mass is 1130 g/mol. The van der Waals surface area contributed by atoms with E-state index < -0.39 is 151 Å². The van der Waals surface area contributed by atoms with Gasteiger partial charge in [-0.15, -0.1) is 0 Å². The second kappa shape index (κ2) is 33.2. The summed E-state index contributed by atoms with van der Waals surface area (Å²) in [7, 11) is 0. The largest absolute Gasteiger partial charge is 0.481 e. The molecule has 10 atom stereocenters. The number of carboxylic acids is 2. The van der Waals surface area contributed by atoms with Gasteiger partial charge < -0.3 is 91.1 Å². The molecule has 442 valence electrons. The lowest BCUT2D eigenvalue weighted by Gasteiger charge is -2.29. The number of amides is 9. The number of unbranched alkanes of at least 4 members (excludes halogenated alkanes) is 1. The topological polar surface area (TPSA) is 507 Å². The average Bonchev–Trinajstić information content (AvgIpc) is 4.12. The molecule has 0 aliphatic carbocycles. The quantitative estimate of drug-likeness (QED) is 0.0174. The Morgan fingerprint density at radius 1 is 0.713 bits per heavy atom. The van der Waals surface area contributed by atoms with Crippen LogP contribution < -0.4 is 65.9 Å². The molecule has 1 aliphatic heterocycles. The highest BCUT2D eigenvalue weighted by molar-refractivity contribution is 5.99. The summed E-state index contributed by atoms with van der Waals surface area (Å²) in [4.78, 5) is 159. The van der Waals surface area contributed by atoms with Crippen LogP contribution in [0.3, 0.4) is 0 Å². The predicted octanol–water partition coefficient (Wildman–Crippen LogP) is -5.05. The number of primary amides is 1. The summed E-state index contributed by atoms with van der Waals surface area (Å²) in [6.07, 6.45) is 0.967. The fourth-order valence-electron chi connectivity index (χ4n) is 8.52. The Morgan fingerprint density at radius 3 is 1.88 bits per heavy atom. The van der Waals surface area contributed by atoms with E-state index in [2.05, 4.69) is 52.2 Å². The SMILES string of the molecule is CC(C)[C@H](NC(=O)[C@@H](NC(=O)[C@H](CC(N)=O)NC(=O)[C@H](CCCN=C(N)N)NC(=O)[C@H](Cc1ccccc1)NC(=O)[C@H](Cc1cnc[nH]1)NC(=O)[C@@H]1CCCN1C(=O)[C@@H](N)CCCCN)[C@@H](C)O)C(=O)N[C@@H](CCC(=O)O)C(=O)O. The highest BCUT2D eigenvalue weighted by Crippen LogP contribution is 2.20. The Morgan fingerprint density at radius 2 is 1.30 bits per heavy atom. The average molecular weight is 1130 g/mol. The normalized spacial score (nSPS) is 16.4. The summed E-state index contributed by atoms with van der Waals surface area (Å²) in [6, 6.07) is -4.73. The van der Waals surface area contributed by atoms with Gasteiger partial charge in [0, 0.05) is 44.2 Å². The predicted molar refractivity (Wildman–Crippen MR) is 286 cm³/mol. The van der Waals surface area contributed by atoms with Gasteiger partial charge in [0.1, 0.15) is 48.3 Å². The Kier molecular flexibility index (Phi) is 27.4. The van der Waals surface area contributed by atoms with Gasteiger partial charge in [-0.3, -0.25) is 52.9 Å². The maximum Gasteiger partial charge on any atom is 0.326 e. The lowest BCUT2D eigenvalue weighted by atomic mass is 10.0. The molecule has 1 aromatic heterocycles. The number of nitrogens with two attached hydrogens (primary N) is 5. The summed E-state index contributed by atoms with van der Waals surface area (Å²) >= 11 is 0. The van der Waals surface area contributed by atoms with E-state index in [9.17, 15) is 63.0 Å². The van der Waals surface area contributed by atoms with E-state index >= 15 is 0 Å². The number of aliphatic hydroxyl groups excluding tert-OH is 1. The molecule has 1 fully saturated rings. The number of aliphatic imine (C=N–C) groups is 1. The zero-order valence-corrected chi connectivity index (χ0v) is 45.1. The van der Waals surface area contributed by atoms with Crippen molar-refractivity contribution in [3.8, 4) is 0 Å². The first-order chi connectivity index (χ1) is 37.8. The van der Waals surface area contributed by atoms with Gasteiger partial charge in [0.25, 0.3) is 0 Å². The van der Waals surface area contributed by atoms with Crippen molar-refractivity contribution in [2.24, 2.45) is 39.6 Å². The molecule has 1 aliphatic rings. The molecule has 1 aromatic carbocycles. The molecule has 30 nitrogen and oxygen atoms in total. The van der Waals surface area contributed by atoms with Crippen LogP contribution in [0.15, 0.2) is 47.8 Å². The number of benzene rings is 1. The first kappa shape index (κ1) is 66.0. The first-order valence-corrected chi connectivity index (χ1v) is 26.2. The molecule has 9 amide bonds. The number of imidazole rings is 1. The van der Waals surface area contributed by atoms with Gasteiger partial charge in [-0.2, -0.15) is 0 Å². The maximum absolute atomic E-state index is 14.6. The van der Waals surface area contributed by atoms with Crippen molar-refractivity contribution in [3.05, 3.63) is 54.1 Å². The standard InChI is InChI=1S/C50H78N16O14/c1-26(2)39(46(76)60-32(49(79)80)16-17-38(69)70)64-47(77)40(27(3)67)65-44(74)35(23-37(53)68)62-41(71)31(14-9-19-57-50(54)55)59-42(72)33(21-28-11-5-4-6-12-28)61-43(73)34(22-29-24-56-25-58-29)63-45(75)36-15-10-20-66(36)48(78)30(52)13-7-8-18-51/h4-6,11-12,24-27,30-36,39-40,67H,7-10,13-23,51-52H2,1-3H3,(H2,53,68)(H,56,58)(H,59,72)(H,60,76)(H,61,73)(H,62,71)(H,63,75)(H,64,77)(H,65,74)(H,69,70)(H,79,80)(H4,54,55,57)/t27-,30+,31+,32+,33+,34+,35+,36+,39+,40+/m1/s1. The van der Waals surface area contributed by atoms with Crippen LogP contribution in [0, 0.1) is 5.92 Å². The van der Waals surface area contributed by atoms with E-state index in [4.69, 9.17) is 33.8 Å². The van der Waals surface area contributed by atoms with E-state index in [1.165, 1.54) is 31.3 Å². The minimum atomic E-state index is -1.89. The maximum atomic E-state index is 14.6. The highest BCUT2D eigenvalue weighted by atomic mass is 16.4. The van der Waals surface area contributed by atoms with Crippen molar-refractivity contribution in [1.82, 2.24) is 52.1 Å². The van der Waals surface area contributed by atoms with E-state index in [0.717, 1.165) is 6.92 Å². The number of hydrogen-bond donors (Lipinski definition) is 16. The van der Waals surface area contributed by atoms with Gasteiger partial charge in [0.2, 0.25) is 53.2 Å². The number of aliphatic carboxylic acids is 2. The highest BCUT2D eigenvalue weighted by Gasteiger charge is 2.40. The lowest BCUT2D eigenvalue weighted by Crippen LogP contribution is -2.62. The summed E-state index contributed by atoms with van der Waals surface area (Å²) < 4.78 is 0. The van der Waals surface area contributed by atoms with Gasteiger partial charge in [-0.25, -0.2) is 9.78 Å². The van der Waals surface area contributed by atoms with Crippen LogP contribution in [-0.2, 0) is 65.6 Å². The molecule has 3 rings (SSSR count). The van der Waals surface area contributed by atoms with E-state index in [1.54, 1.807) is 30.3 Å². The third-order valence-corrected chi connectivity index (χ3v) is 12.8. The van der Waals surface area contributed by atoms with E-state index in [-0.39, 0.29) is 51.2 Å². The number of carboxylic acid groups (broad SMARTS) is 2. The van der Waals surface area contributed by atoms with Gasteiger partial charge in [-0.1, -0.05) is 50.6 Å². The summed E-state index contributed by atoms with van der Waals surface area (Å²) in [5.74, 6) is -12.4. The molecule has 21 N–H and O–H groups in total. The Bertz CT molecular complexity index is 2460. The fraction of sp³-hybridized carbons (Fsp3) is 0.580. The van der Waals surface area contributed by atoms with Crippen molar-refractivity contribution >= 4 is 71.1 Å².